The molecular formula is C24H28N2O3. The molecule has 0 bridgehead atoms. The Bertz CT molecular complexity index is 963. The summed E-state index contributed by atoms with van der Waals surface area (Å²) in [4.78, 5) is 26.3. The molecule has 0 fully saturated rings. The normalized spacial score (nSPS) is 14.1. The third-order valence-electron chi connectivity index (χ3n) is 5.28. The van der Waals surface area contributed by atoms with Gasteiger partial charge in [0.2, 0.25) is 0 Å². The number of nitrogens with two attached hydrogens (primary N) is 1. The van der Waals surface area contributed by atoms with Gasteiger partial charge in [-0.05, 0) is 56.0 Å². The zero-order valence-electron chi connectivity index (χ0n) is 17.5. The van der Waals surface area contributed by atoms with E-state index in [-0.39, 0.29) is 12.5 Å². The van der Waals surface area contributed by atoms with Crippen LogP contribution in [-0.4, -0.2) is 24.0 Å². The molecule has 0 saturated carbocycles. The fourth-order valence-corrected chi connectivity index (χ4v) is 3.92. The highest BCUT2D eigenvalue weighted by Crippen LogP contribution is 2.33. The topological polar surface area (TPSA) is 81.4 Å². The van der Waals surface area contributed by atoms with E-state index >= 15 is 0 Å². The number of carbonyl (C=O) groups is 2. The quantitative estimate of drug-likeness (QED) is 0.598. The number of ether oxygens (including phenoxy) is 1. The Morgan fingerprint density at radius 2 is 1.76 bits per heavy atom. The summed E-state index contributed by atoms with van der Waals surface area (Å²) in [7, 11) is 0. The third kappa shape index (κ3) is 4.04. The summed E-state index contributed by atoms with van der Waals surface area (Å²) >= 11 is 0. The Hall–Kier alpha value is -3.08. The summed E-state index contributed by atoms with van der Waals surface area (Å²) in [5.41, 5.74) is 10.7. The zero-order chi connectivity index (χ0) is 21.2. The SMILES string of the molecule is CCOC(=O)C1(NC(=O)c2c(N)ccc(C)c2C=C(C)C)Cc2ccccc2C1. The Labute approximate surface area is 171 Å². The van der Waals surface area contributed by atoms with Gasteiger partial charge in [-0.25, -0.2) is 4.79 Å². The molecule has 0 atom stereocenters. The van der Waals surface area contributed by atoms with E-state index < -0.39 is 11.5 Å². The molecule has 152 valence electrons. The monoisotopic (exact) mass is 392 g/mol. The number of amides is 1. The van der Waals surface area contributed by atoms with Crippen LogP contribution >= 0.6 is 0 Å². The Morgan fingerprint density at radius 1 is 1.14 bits per heavy atom. The van der Waals surface area contributed by atoms with Crippen LogP contribution in [0.3, 0.4) is 0 Å². The van der Waals surface area contributed by atoms with Crippen LogP contribution < -0.4 is 11.1 Å². The maximum atomic E-state index is 13.4. The van der Waals surface area contributed by atoms with Gasteiger partial charge in [-0.3, -0.25) is 4.79 Å². The van der Waals surface area contributed by atoms with Crippen molar-refractivity contribution in [1.29, 1.82) is 0 Å². The van der Waals surface area contributed by atoms with Crippen LogP contribution in [0.1, 0.15) is 53.4 Å². The molecule has 5 heteroatoms. The molecule has 1 aliphatic rings. The molecule has 5 nitrogen and oxygen atoms in total. The lowest BCUT2D eigenvalue weighted by atomic mass is 9.92. The van der Waals surface area contributed by atoms with Crippen molar-refractivity contribution >= 4 is 23.6 Å². The largest absolute Gasteiger partial charge is 0.464 e. The smallest absolute Gasteiger partial charge is 0.332 e. The number of aryl methyl sites for hydroxylation is 1. The van der Waals surface area contributed by atoms with Crippen molar-refractivity contribution in [3.05, 3.63) is 69.8 Å². The second kappa shape index (κ2) is 8.11. The maximum Gasteiger partial charge on any atom is 0.332 e. The highest BCUT2D eigenvalue weighted by molar-refractivity contribution is 6.05. The number of fused-ring (bicyclic) bond motifs is 1. The van der Waals surface area contributed by atoms with Crippen LogP contribution in [0.15, 0.2) is 42.0 Å². The number of nitrogen functional groups attached to an aromatic ring is 1. The summed E-state index contributed by atoms with van der Waals surface area (Å²) in [6, 6.07) is 11.5. The van der Waals surface area contributed by atoms with Gasteiger partial charge in [-0.1, -0.05) is 42.0 Å². The molecule has 0 spiro atoms. The number of carbonyl (C=O) groups excluding carboxylic acids is 2. The number of esters is 1. The summed E-state index contributed by atoms with van der Waals surface area (Å²) in [6.07, 6.45) is 2.75. The highest BCUT2D eigenvalue weighted by atomic mass is 16.5. The van der Waals surface area contributed by atoms with Gasteiger partial charge in [-0.15, -0.1) is 0 Å². The van der Waals surface area contributed by atoms with E-state index in [1.54, 1.807) is 13.0 Å². The minimum atomic E-state index is -1.13. The average molecular weight is 392 g/mol. The Kier molecular flexibility index (Phi) is 5.78. The van der Waals surface area contributed by atoms with Crippen molar-refractivity contribution in [3.63, 3.8) is 0 Å². The van der Waals surface area contributed by atoms with E-state index in [0.29, 0.717) is 24.1 Å². The number of rotatable bonds is 5. The first-order valence-corrected chi connectivity index (χ1v) is 9.88. The second-order valence-corrected chi connectivity index (χ2v) is 7.86. The van der Waals surface area contributed by atoms with Crippen molar-refractivity contribution in [3.8, 4) is 0 Å². The lowest BCUT2D eigenvalue weighted by Gasteiger charge is -2.28. The minimum absolute atomic E-state index is 0.252. The van der Waals surface area contributed by atoms with Gasteiger partial charge in [0.25, 0.3) is 5.91 Å². The Morgan fingerprint density at radius 3 is 2.31 bits per heavy atom. The number of allylic oxidation sites excluding steroid dienone is 1. The predicted molar refractivity (Wildman–Crippen MR) is 116 cm³/mol. The van der Waals surface area contributed by atoms with Gasteiger partial charge in [0.15, 0.2) is 0 Å². The molecule has 2 aromatic rings. The molecule has 1 amide bonds. The van der Waals surface area contributed by atoms with Crippen LogP contribution in [0, 0.1) is 6.92 Å². The van der Waals surface area contributed by atoms with Gasteiger partial charge in [0.1, 0.15) is 5.54 Å². The van der Waals surface area contributed by atoms with Crippen molar-refractivity contribution in [2.24, 2.45) is 0 Å². The molecule has 0 unspecified atom stereocenters. The van der Waals surface area contributed by atoms with Crippen LogP contribution in [0.4, 0.5) is 5.69 Å². The van der Waals surface area contributed by atoms with Crippen LogP contribution in [0.5, 0.6) is 0 Å². The number of hydrogen-bond acceptors (Lipinski definition) is 4. The molecule has 29 heavy (non-hydrogen) atoms. The average Bonchev–Trinajstić information content (AvgIpc) is 3.04. The van der Waals surface area contributed by atoms with Crippen LogP contribution in [0.2, 0.25) is 0 Å². The van der Waals surface area contributed by atoms with Crippen molar-refractivity contribution < 1.29 is 14.3 Å². The summed E-state index contributed by atoms with van der Waals surface area (Å²) in [5, 5.41) is 3.00. The van der Waals surface area contributed by atoms with E-state index in [0.717, 1.165) is 27.8 Å². The summed E-state index contributed by atoms with van der Waals surface area (Å²) < 4.78 is 5.35. The van der Waals surface area contributed by atoms with E-state index in [1.807, 2.05) is 57.2 Å². The lowest BCUT2D eigenvalue weighted by molar-refractivity contribution is -0.150. The van der Waals surface area contributed by atoms with Crippen molar-refractivity contribution in [1.82, 2.24) is 5.32 Å². The first-order chi connectivity index (χ1) is 13.8. The fourth-order valence-electron chi connectivity index (χ4n) is 3.92. The zero-order valence-corrected chi connectivity index (χ0v) is 17.5. The molecule has 1 aliphatic carbocycles. The lowest BCUT2D eigenvalue weighted by Crippen LogP contribution is -2.56. The van der Waals surface area contributed by atoms with Crippen LogP contribution in [-0.2, 0) is 22.4 Å². The van der Waals surface area contributed by atoms with E-state index in [1.165, 1.54) is 0 Å². The second-order valence-electron chi connectivity index (χ2n) is 7.86. The molecule has 0 aromatic heterocycles. The predicted octanol–water partition coefficient (Wildman–Crippen LogP) is 3.83. The molecule has 0 saturated heterocycles. The summed E-state index contributed by atoms with van der Waals surface area (Å²) in [6.45, 7) is 7.90. The first kappa shape index (κ1) is 20.6. The fraction of sp³-hybridized carbons (Fsp3) is 0.333. The van der Waals surface area contributed by atoms with E-state index in [9.17, 15) is 9.59 Å². The molecule has 0 heterocycles. The number of anilines is 1. The minimum Gasteiger partial charge on any atom is -0.464 e. The number of benzene rings is 2. The number of hydrogen-bond donors (Lipinski definition) is 2. The first-order valence-electron chi connectivity index (χ1n) is 9.88. The van der Waals surface area contributed by atoms with Gasteiger partial charge in [0.05, 0.1) is 12.2 Å². The standard InChI is InChI=1S/C24H28N2O3/c1-5-29-23(28)24(13-17-8-6-7-9-18(17)14-24)26-22(27)21-19(12-15(2)3)16(4)10-11-20(21)25/h6-12H,5,13-14,25H2,1-4H3,(H,26,27). The van der Waals surface area contributed by atoms with Crippen LogP contribution in [0.25, 0.3) is 6.08 Å². The van der Waals surface area contributed by atoms with Gasteiger partial charge in [0, 0.05) is 18.5 Å². The molecule has 2 aromatic carbocycles. The molecule has 0 radical (unpaired) electrons. The molecular weight excluding hydrogens is 364 g/mol. The maximum absolute atomic E-state index is 13.4. The number of nitrogens with one attached hydrogen (secondary N) is 1. The third-order valence-corrected chi connectivity index (χ3v) is 5.28. The van der Waals surface area contributed by atoms with Gasteiger partial charge >= 0.3 is 5.97 Å². The van der Waals surface area contributed by atoms with Gasteiger partial charge in [-0.2, -0.15) is 0 Å². The van der Waals surface area contributed by atoms with E-state index in [2.05, 4.69) is 5.32 Å². The van der Waals surface area contributed by atoms with E-state index in [4.69, 9.17) is 10.5 Å². The molecule has 3 rings (SSSR count). The molecule has 0 aliphatic heterocycles. The summed E-state index contributed by atoms with van der Waals surface area (Å²) in [5.74, 6) is -0.779. The highest BCUT2D eigenvalue weighted by Gasteiger charge is 2.46. The van der Waals surface area contributed by atoms with Crippen molar-refractivity contribution in [2.75, 3.05) is 12.3 Å². The van der Waals surface area contributed by atoms with Gasteiger partial charge < -0.3 is 15.8 Å². The molecule has 3 N–H and O–H groups in total. The Balaban J connectivity index is 2.03. The van der Waals surface area contributed by atoms with Crippen molar-refractivity contribution in [2.45, 2.75) is 46.1 Å².